The first-order chi connectivity index (χ1) is 19.4. The van der Waals surface area contributed by atoms with Crippen molar-refractivity contribution in [2.45, 2.75) is 45.7 Å². The number of ether oxygens (including phenoxy) is 1. The van der Waals surface area contributed by atoms with Crippen molar-refractivity contribution in [1.29, 1.82) is 0 Å². The normalized spacial score (nSPS) is 16.6. The fraction of sp³-hybridized carbons (Fsp3) is 0.281. The zero-order chi connectivity index (χ0) is 28.2. The molecule has 1 fully saturated rings. The van der Waals surface area contributed by atoms with E-state index in [0.29, 0.717) is 18.1 Å². The number of thiocarbonyl (C=S) groups is 1. The topological polar surface area (TPSA) is 71.4 Å². The van der Waals surface area contributed by atoms with E-state index in [1.165, 1.54) is 0 Å². The van der Waals surface area contributed by atoms with Crippen LogP contribution in [0.2, 0.25) is 0 Å². The van der Waals surface area contributed by atoms with Gasteiger partial charge in [-0.15, -0.1) is 0 Å². The lowest BCUT2D eigenvalue weighted by Crippen LogP contribution is -2.33. The van der Waals surface area contributed by atoms with E-state index >= 15 is 0 Å². The van der Waals surface area contributed by atoms with E-state index < -0.39 is 0 Å². The quantitative estimate of drug-likeness (QED) is 0.246. The first-order valence-electron chi connectivity index (χ1n) is 13.6. The fourth-order valence-corrected chi connectivity index (χ4v) is 5.94. The van der Waals surface area contributed by atoms with Crippen LogP contribution in [0.5, 0.6) is 5.75 Å². The molecular formula is C32H35N5O2S. The van der Waals surface area contributed by atoms with E-state index in [1.54, 1.807) is 13.3 Å². The number of methoxy groups -OCH3 is 1. The van der Waals surface area contributed by atoms with E-state index in [-0.39, 0.29) is 18.0 Å². The molecule has 0 bridgehead atoms. The molecule has 8 heteroatoms. The van der Waals surface area contributed by atoms with Crippen molar-refractivity contribution >= 4 is 28.9 Å². The van der Waals surface area contributed by atoms with Crippen molar-refractivity contribution in [1.82, 2.24) is 19.8 Å². The van der Waals surface area contributed by atoms with Crippen molar-refractivity contribution in [3.63, 3.8) is 0 Å². The van der Waals surface area contributed by atoms with Gasteiger partial charge in [0.2, 0.25) is 5.91 Å². The molecule has 2 atom stereocenters. The lowest BCUT2D eigenvalue weighted by molar-refractivity contribution is -0.116. The monoisotopic (exact) mass is 553 g/mol. The van der Waals surface area contributed by atoms with Gasteiger partial charge in [0.15, 0.2) is 5.11 Å². The average molecular weight is 554 g/mol. The highest BCUT2D eigenvalue weighted by atomic mass is 32.1. The second kappa shape index (κ2) is 11.9. The number of pyridine rings is 1. The van der Waals surface area contributed by atoms with E-state index in [0.717, 1.165) is 51.8 Å². The predicted octanol–water partition coefficient (Wildman–Crippen LogP) is 6.06. The van der Waals surface area contributed by atoms with Gasteiger partial charge in [0, 0.05) is 48.0 Å². The molecule has 5 rings (SSSR count). The minimum absolute atomic E-state index is 0.0365. The Morgan fingerprint density at radius 3 is 2.62 bits per heavy atom. The molecule has 4 aromatic rings. The van der Waals surface area contributed by atoms with Crippen LogP contribution in [0.1, 0.15) is 53.6 Å². The van der Waals surface area contributed by atoms with Crippen molar-refractivity contribution < 1.29 is 9.53 Å². The smallest absolute Gasteiger partial charge is 0.226 e. The molecule has 3 heterocycles. The van der Waals surface area contributed by atoms with Crippen LogP contribution in [0, 0.1) is 13.8 Å². The lowest BCUT2D eigenvalue weighted by Gasteiger charge is -2.28. The Bertz CT molecular complexity index is 1520. The summed E-state index contributed by atoms with van der Waals surface area (Å²) in [5, 5.41) is 7.22. The number of hydrogen-bond donors (Lipinski definition) is 2. The van der Waals surface area contributed by atoms with Gasteiger partial charge in [0.05, 0.1) is 24.9 Å². The number of aryl methyl sites for hydroxylation is 2. The number of anilines is 1. The molecule has 2 N–H and O–H groups in total. The Kier molecular flexibility index (Phi) is 8.16. The summed E-state index contributed by atoms with van der Waals surface area (Å²) >= 11 is 5.86. The first-order valence-corrected chi connectivity index (χ1v) is 14.0. The minimum Gasteiger partial charge on any atom is -0.497 e. The summed E-state index contributed by atoms with van der Waals surface area (Å²) in [7, 11) is 1.68. The van der Waals surface area contributed by atoms with Crippen molar-refractivity contribution in [3.05, 3.63) is 107 Å². The maximum Gasteiger partial charge on any atom is 0.226 e. The first kappa shape index (κ1) is 27.4. The van der Waals surface area contributed by atoms with Crippen LogP contribution in [0.15, 0.2) is 79.0 Å². The number of carbonyl (C=O) groups excluding carboxylic acids is 1. The summed E-state index contributed by atoms with van der Waals surface area (Å²) in [4.78, 5) is 19.9. The Morgan fingerprint density at radius 1 is 1.07 bits per heavy atom. The standard InChI is InChI=1S/C32H35N5O2S/c1-5-23-11-6-7-14-27(23)34-29(38)16-18-36-31(30(35-32(36)40)28-15-8-9-17-33-28)26-19-21(2)37(22(26)3)24-12-10-13-25(20-24)39-4/h6-15,17,19-20,30-31H,5,16,18H2,1-4H3,(H,34,38)(H,35,40)/t30-,31+/m1/s1. The Balaban J connectivity index is 1.47. The molecule has 7 nitrogen and oxygen atoms in total. The number of hydrogen-bond acceptors (Lipinski definition) is 4. The molecule has 0 unspecified atom stereocenters. The minimum atomic E-state index is -0.156. The molecule has 0 spiro atoms. The summed E-state index contributed by atoms with van der Waals surface area (Å²) in [6, 6.07) is 23.8. The molecule has 1 aliphatic rings. The van der Waals surface area contributed by atoms with E-state index in [4.69, 9.17) is 17.0 Å². The van der Waals surface area contributed by atoms with E-state index in [2.05, 4.69) is 58.0 Å². The van der Waals surface area contributed by atoms with Gasteiger partial charge in [-0.05, 0) is 80.0 Å². The van der Waals surface area contributed by atoms with Crippen LogP contribution >= 0.6 is 12.2 Å². The summed E-state index contributed by atoms with van der Waals surface area (Å²) in [5.74, 6) is 0.768. The van der Waals surface area contributed by atoms with Gasteiger partial charge in [0.1, 0.15) is 5.75 Å². The second-order valence-corrected chi connectivity index (χ2v) is 10.4. The van der Waals surface area contributed by atoms with Crippen LogP contribution < -0.4 is 15.4 Å². The van der Waals surface area contributed by atoms with Crippen LogP contribution in [0.3, 0.4) is 0 Å². The van der Waals surface area contributed by atoms with Crippen molar-refractivity contribution in [2.24, 2.45) is 0 Å². The SMILES string of the molecule is CCc1ccccc1NC(=O)CCN1C(=S)N[C@H](c2ccccn2)[C@@H]1c1cc(C)n(-c2cccc(OC)c2)c1C. The number of benzene rings is 2. The Morgan fingerprint density at radius 2 is 1.88 bits per heavy atom. The highest BCUT2D eigenvalue weighted by Crippen LogP contribution is 2.41. The molecule has 40 heavy (non-hydrogen) atoms. The van der Waals surface area contributed by atoms with Gasteiger partial charge >= 0.3 is 0 Å². The van der Waals surface area contributed by atoms with Gasteiger partial charge in [-0.3, -0.25) is 9.78 Å². The Hall–Kier alpha value is -4.17. The fourth-order valence-electron chi connectivity index (χ4n) is 5.60. The summed E-state index contributed by atoms with van der Waals surface area (Å²) in [6.07, 6.45) is 2.96. The Labute approximate surface area is 241 Å². The number of nitrogens with one attached hydrogen (secondary N) is 2. The van der Waals surface area contributed by atoms with Gasteiger partial charge in [-0.25, -0.2) is 0 Å². The molecule has 2 aromatic heterocycles. The molecule has 206 valence electrons. The largest absolute Gasteiger partial charge is 0.497 e. The maximum absolute atomic E-state index is 13.1. The lowest BCUT2D eigenvalue weighted by atomic mass is 9.96. The molecule has 1 amide bonds. The molecule has 0 saturated carbocycles. The molecule has 0 radical (unpaired) electrons. The zero-order valence-electron chi connectivity index (χ0n) is 23.3. The number of aromatic nitrogens is 2. The molecular weight excluding hydrogens is 518 g/mol. The summed E-state index contributed by atoms with van der Waals surface area (Å²) in [6.45, 7) is 6.80. The maximum atomic E-state index is 13.1. The third kappa shape index (κ3) is 5.45. The van der Waals surface area contributed by atoms with E-state index in [9.17, 15) is 4.79 Å². The average Bonchev–Trinajstić information content (AvgIpc) is 3.46. The number of carbonyl (C=O) groups is 1. The molecule has 1 aliphatic heterocycles. The van der Waals surface area contributed by atoms with Crippen LogP contribution in [0.25, 0.3) is 5.69 Å². The number of rotatable bonds is 9. The van der Waals surface area contributed by atoms with Crippen LogP contribution in [-0.2, 0) is 11.2 Å². The van der Waals surface area contributed by atoms with Crippen molar-refractivity contribution in [3.8, 4) is 11.4 Å². The highest BCUT2D eigenvalue weighted by Gasteiger charge is 2.41. The predicted molar refractivity (Wildman–Crippen MR) is 163 cm³/mol. The van der Waals surface area contributed by atoms with Crippen molar-refractivity contribution in [2.75, 3.05) is 19.0 Å². The van der Waals surface area contributed by atoms with Gasteiger partial charge < -0.3 is 24.8 Å². The third-order valence-corrected chi connectivity index (χ3v) is 7.90. The van der Waals surface area contributed by atoms with Gasteiger partial charge in [0.25, 0.3) is 0 Å². The highest BCUT2D eigenvalue weighted by molar-refractivity contribution is 7.80. The molecule has 2 aromatic carbocycles. The van der Waals surface area contributed by atoms with Gasteiger partial charge in [-0.2, -0.15) is 0 Å². The second-order valence-electron chi connectivity index (χ2n) is 9.99. The molecule has 1 saturated heterocycles. The van der Waals surface area contributed by atoms with Crippen LogP contribution in [0.4, 0.5) is 5.69 Å². The number of amides is 1. The summed E-state index contributed by atoms with van der Waals surface area (Å²) in [5.41, 5.74) is 7.27. The number of nitrogens with zero attached hydrogens (tertiary/aromatic N) is 3. The number of para-hydroxylation sites is 1. The van der Waals surface area contributed by atoms with Gasteiger partial charge in [-0.1, -0.05) is 37.3 Å². The van der Waals surface area contributed by atoms with Crippen LogP contribution in [-0.4, -0.2) is 39.1 Å². The van der Waals surface area contributed by atoms with E-state index in [1.807, 2.05) is 60.7 Å². The summed E-state index contributed by atoms with van der Waals surface area (Å²) < 4.78 is 7.72. The zero-order valence-corrected chi connectivity index (χ0v) is 24.2. The third-order valence-electron chi connectivity index (χ3n) is 7.55. The molecule has 0 aliphatic carbocycles.